The summed E-state index contributed by atoms with van der Waals surface area (Å²) in [5.41, 5.74) is 0.000884. The molecule has 2 N–H and O–H groups in total. The molecule has 0 radical (unpaired) electrons. The van der Waals surface area contributed by atoms with Crippen LogP contribution in [0.3, 0.4) is 0 Å². The number of nitrogens with zero attached hydrogens (tertiary/aromatic N) is 4. The summed E-state index contributed by atoms with van der Waals surface area (Å²) < 4.78 is 1.68. The third kappa shape index (κ3) is 4.17. The standard InChI is InChI=1S/C17H16Cl2N6O2/c1-9(15-24-21-8-25(15)2)22-16(26)11-7-20-14(23-17(11)27)6-10-12(18)4-3-5-13(10)19/h3-5,7-9H,6H2,1-2H3,(H,22,26)(H,20,23,27). The summed E-state index contributed by atoms with van der Waals surface area (Å²) in [6.45, 7) is 1.75. The van der Waals surface area contributed by atoms with Crippen LogP contribution in [0.5, 0.6) is 0 Å². The van der Waals surface area contributed by atoms with Gasteiger partial charge in [0.05, 0.1) is 6.04 Å². The Bertz CT molecular complexity index is 1030. The summed E-state index contributed by atoms with van der Waals surface area (Å²) in [5, 5.41) is 11.4. The van der Waals surface area contributed by atoms with E-state index in [1.165, 1.54) is 12.5 Å². The molecule has 140 valence electrons. The van der Waals surface area contributed by atoms with Crippen LogP contribution in [0, 0.1) is 0 Å². The fourth-order valence-electron chi connectivity index (χ4n) is 2.58. The summed E-state index contributed by atoms with van der Waals surface area (Å²) in [6.07, 6.45) is 3.00. The van der Waals surface area contributed by atoms with Crippen LogP contribution in [0.25, 0.3) is 0 Å². The van der Waals surface area contributed by atoms with Crippen molar-refractivity contribution >= 4 is 29.1 Å². The smallest absolute Gasteiger partial charge is 0.263 e. The molecule has 0 aliphatic heterocycles. The second kappa shape index (κ2) is 7.89. The van der Waals surface area contributed by atoms with Crippen molar-refractivity contribution in [3.8, 4) is 0 Å². The number of amides is 1. The number of carbonyl (C=O) groups excluding carboxylic acids is 1. The number of benzene rings is 1. The van der Waals surface area contributed by atoms with Gasteiger partial charge in [-0.25, -0.2) is 4.98 Å². The lowest BCUT2D eigenvalue weighted by Crippen LogP contribution is -2.33. The molecule has 1 amide bonds. The highest BCUT2D eigenvalue weighted by molar-refractivity contribution is 6.36. The maximum atomic E-state index is 12.4. The molecule has 1 unspecified atom stereocenters. The number of aromatic nitrogens is 5. The number of rotatable bonds is 5. The summed E-state index contributed by atoms with van der Waals surface area (Å²) in [4.78, 5) is 31.5. The molecule has 3 aromatic rings. The molecular formula is C17H16Cl2N6O2. The van der Waals surface area contributed by atoms with Crippen LogP contribution in [0.4, 0.5) is 0 Å². The third-order valence-electron chi connectivity index (χ3n) is 3.98. The number of hydrogen-bond acceptors (Lipinski definition) is 5. The van der Waals surface area contributed by atoms with Gasteiger partial charge in [-0.1, -0.05) is 29.3 Å². The minimum absolute atomic E-state index is 0.0991. The van der Waals surface area contributed by atoms with Crippen molar-refractivity contribution in [2.45, 2.75) is 19.4 Å². The summed E-state index contributed by atoms with van der Waals surface area (Å²) in [7, 11) is 1.76. The minimum Gasteiger partial charge on any atom is -0.342 e. The van der Waals surface area contributed by atoms with Crippen molar-refractivity contribution in [3.05, 3.63) is 73.9 Å². The Morgan fingerprint density at radius 1 is 1.33 bits per heavy atom. The third-order valence-corrected chi connectivity index (χ3v) is 4.69. The van der Waals surface area contributed by atoms with Gasteiger partial charge < -0.3 is 14.9 Å². The van der Waals surface area contributed by atoms with Gasteiger partial charge in [0.25, 0.3) is 11.5 Å². The van der Waals surface area contributed by atoms with Crippen molar-refractivity contribution in [3.63, 3.8) is 0 Å². The van der Waals surface area contributed by atoms with Gasteiger partial charge in [0.2, 0.25) is 0 Å². The molecule has 10 heteroatoms. The zero-order chi connectivity index (χ0) is 19.6. The van der Waals surface area contributed by atoms with E-state index < -0.39 is 17.5 Å². The SMILES string of the molecule is CC(NC(=O)c1cnc(Cc2c(Cl)cccc2Cl)[nH]c1=O)c1nncn1C. The maximum Gasteiger partial charge on any atom is 0.263 e. The van der Waals surface area contributed by atoms with E-state index in [1.807, 2.05) is 0 Å². The molecule has 0 saturated heterocycles. The second-order valence-corrected chi connectivity index (χ2v) is 6.76. The van der Waals surface area contributed by atoms with Crippen molar-refractivity contribution in [1.29, 1.82) is 0 Å². The van der Waals surface area contributed by atoms with E-state index in [1.54, 1.807) is 36.7 Å². The zero-order valence-electron chi connectivity index (χ0n) is 14.5. The Balaban J connectivity index is 1.77. The molecule has 1 atom stereocenters. The van der Waals surface area contributed by atoms with Crippen molar-refractivity contribution in [2.75, 3.05) is 0 Å². The fraction of sp³-hybridized carbons (Fsp3) is 0.235. The monoisotopic (exact) mass is 406 g/mol. The largest absolute Gasteiger partial charge is 0.342 e. The average Bonchev–Trinajstić information content (AvgIpc) is 3.04. The molecule has 8 nitrogen and oxygen atoms in total. The van der Waals surface area contributed by atoms with Crippen molar-refractivity contribution in [2.24, 2.45) is 7.05 Å². The summed E-state index contributed by atoms with van der Waals surface area (Å²) in [5.74, 6) is 0.368. The molecule has 2 aromatic heterocycles. The molecule has 0 bridgehead atoms. The number of H-pyrrole nitrogens is 1. The summed E-state index contributed by atoms with van der Waals surface area (Å²) >= 11 is 12.3. The normalized spacial score (nSPS) is 12.0. The van der Waals surface area contributed by atoms with Gasteiger partial charge in [-0.05, 0) is 24.6 Å². The van der Waals surface area contributed by atoms with E-state index in [4.69, 9.17) is 23.2 Å². The van der Waals surface area contributed by atoms with Gasteiger partial charge in [0.1, 0.15) is 17.7 Å². The van der Waals surface area contributed by atoms with Crippen LogP contribution < -0.4 is 10.9 Å². The highest BCUT2D eigenvalue weighted by Gasteiger charge is 2.18. The molecule has 0 fully saturated rings. The Labute approximate surface area is 164 Å². The first-order chi connectivity index (χ1) is 12.9. The predicted molar refractivity (Wildman–Crippen MR) is 101 cm³/mol. The molecule has 3 rings (SSSR count). The van der Waals surface area contributed by atoms with Gasteiger partial charge >= 0.3 is 0 Å². The van der Waals surface area contributed by atoms with Crippen LogP contribution in [0.2, 0.25) is 10.0 Å². The van der Waals surface area contributed by atoms with Gasteiger partial charge in [0, 0.05) is 29.7 Å². The van der Waals surface area contributed by atoms with Gasteiger partial charge in [-0.15, -0.1) is 10.2 Å². The molecule has 1 aromatic carbocycles. The van der Waals surface area contributed by atoms with Crippen LogP contribution >= 0.6 is 23.2 Å². The van der Waals surface area contributed by atoms with E-state index >= 15 is 0 Å². The predicted octanol–water partition coefficient (Wildman–Crippen LogP) is 2.29. The van der Waals surface area contributed by atoms with Crippen LogP contribution in [0.1, 0.15) is 40.5 Å². The first-order valence-corrected chi connectivity index (χ1v) is 8.78. The molecule has 0 spiro atoms. The Morgan fingerprint density at radius 2 is 2.04 bits per heavy atom. The van der Waals surface area contributed by atoms with Gasteiger partial charge in [-0.2, -0.15) is 0 Å². The molecule has 27 heavy (non-hydrogen) atoms. The summed E-state index contributed by atoms with van der Waals surface area (Å²) in [6, 6.07) is 4.72. The second-order valence-electron chi connectivity index (χ2n) is 5.94. The number of halogens is 2. The molecule has 2 heterocycles. The van der Waals surface area contributed by atoms with E-state index in [0.29, 0.717) is 27.3 Å². The maximum absolute atomic E-state index is 12.4. The molecular weight excluding hydrogens is 391 g/mol. The quantitative estimate of drug-likeness (QED) is 0.675. The molecule has 0 saturated carbocycles. The van der Waals surface area contributed by atoms with E-state index in [2.05, 4.69) is 25.5 Å². The average molecular weight is 407 g/mol. The van der Waals surface area contributed by atoms with Gasteiger partial charge in [0.15, 0.2) is 5.82 Å². The minimum atomic E-state index is -0.554. The van der Waals surface area contributed by atoms with Crippen LogP contribution in [0.15, 0.2) is 35.5 Å². The molecule has 0 aliphatic rings. The number of nitrogens with one attached hydrogen (secondary N) is 2. The highest BCUT2D eigenvalue weighted by Crippen LogP contribution is 2.25. The lowest BCUT2D eigenvalue weighted by molar-refractivity contribution is 0.0935. The zero-order valence-corrected chi connectivity index (χ0v) is 16.0. The van der Waals surface area contributed by atoms with E-state index in [-0.39, 0.29) is 12.0 Å². The number of aryl methyl sites for hydroxylation is 1. The first-order valence-electron chi connectivity index (χ1n) is 8.02. The van der Waals surface area contributed by atoms with Crippen molar-refractivity contribution < 1.29 is 4.79 Å². The Morgan fingerprint density at radius 3 is 2.63 bits per heavy atom. The van der Waals surface area contributed by atoms with E-state index in [9.17, 15) is 9.59 Å². The lowest BCUT2D eigenvalue weighted by Gasteiger charge is -2.12. The van der Waals surface area contributed by atoms with Crippen LogP contribution in [-0.2, 0) is 13.5 Å². The number of carbonyl (C=O) groups is 1. The topological polar surface area (TPSA) is 106 Å². The first kappa shape index (κ1) is 19.1. The Kier molecular flexibility index (Phi) is 5.57. The fourth-order valence-corrected chi connectivity index (χ4v) is 3.11. The lowest BCUT2D eigenvalue weighted by atomic mass is 10.1. The number of aromatic amines is 1. The van der Waals surface area contributed by atoms with E-state index in [0.717, 1.165) is 0 Å². The van der Waals surface area contributed by atoms with Crippen LogP contribution in [-0.4, -0.2) is 30.6 Å². The van der Waals surface area contributed by atoms with Crippen molar-refractivity contribution in [1.82, 2.24) is 30.0 Å². The highest BCUT2D eigenvalue weighted by atomic mass is 35.5. The number of hydrogen-bond donors (Lipinski definition) is 2. The molecule has 0 aliphatic carbocycles. The van der Waals surface area contributed by atoms with Gasteiger partial charge in [-0.3, -0.25) is 9.59 Å². The Hall–Kier alpha value is -2.71.